The highest BCUT2D eigenvalue weighted by Crippen LogP contribution is 2.36. The summed E-state index contributed by atoms with van der Waals surface area (Å²) in [4.78, 5) is 44.5. The van der Waals surface area contributed by atoms with Crippen molar-refractivity contribution in [2.45, 2.75) is 33.7 Å². The Morgan fingerprint density at radius 1 is 1.22 bits per heavy atom. The van der Waals surface area contributed by atoms with E-state index >= 15 is 0 Å². The molecule has 0 amide bonds. The Kier molecular flexibility index (Phi) is 7.56. The number of thiazole rings is 1. The molecule has 0 spiro atoms. The first-order chi connectivity index (χ1) is 17.2. The Labute approximate surface area is 215 Å². The maximum atomic E-state index is 13.6. The van der Waals surface area contributed by atoms with E-state index in [9.17, 15) is 14.4 Å². The summed E-state index contributed by atoms with van der Waals surface area (Å²) < 4.78 is 18.3. The van der Waals surface area contributed by atoms with Gasteiger partial charge < -0.3 is 14.2 Å². The predicted octanol–water partition coefficient (Wildman–Crippen LogP) is 3.43. The zero-order valence-electron chi connectivity index (χ0n) is 20.6. The van der Waals surface area contributed by atoms with Gasteiger partial charge in [0.1, 0.15) is 0 Å². The van der Waals surface area contributed by atoms with E-state index in [1.165, 1.54) is 41.3 Å². The van der Waals surface area contributed by atoms with Gasteiger partial charge in [-0.25, -0.2) is 9.79 Å². The second kappa shape index (κ2) is 10.6. The molecule has 0 bridgehead atoms. The normalized spacial score (nSPS) is 15.5. The third-order valence-corrected chi connectivity index (χ3v) is 7.17. The number of benzene rings is 1. The van der Waals surface area contributed by atoms with E-state index in [1.807, 2.05) is 37.4 Å². The van der Waals surface area contributed by atoms with Gasteiger partial charge in [-0.3, -0.25) is 14.2 Å². The second-order valence-corrected chi connectivity index (χ2v) is 10.6. The van der Waals surface area contributed by atoms with Crippen molar-refractivity contribution in [1.82, 2.24) is 4.57 Å². The van der Waals surface area contributed by atoms with Crippen LogP contribution < -0.4 is 24.4 Å². The highest BCUT2D eigenvalue weighted by atomic mass is 32.1. The molecule has 1 unspecified atom stereocenters. The number of aromatic nitrogens is 1. The molecule has 1 atom stereocenters. The third-order valence-electron chi connectivity index (χ3n) is 5.36. The summed E-state index contributed by atoms with van der Waals surface area (Å²) in [7, 11) is 1.46. The summed E-state index contributed by atoms with van der Waals surface area (Å²) in [5.74, 6) is -0.346. The topological polar surface area (TPSA) is 96.2 Å². The van der Waals surface area contributed by atoms with Crippen LogP contribution in [0.25, 0.3) is 6.08 Å². The van der Waals surface area contributed by atoms with E-state index in [0.717, 1.165) is 4.88 Å². The van der Waals surface area contributed by atoms with Crippen molar-refractivity contribution in [2.24, 2.45) is 10.9 Å². The van der Waals surface area contributed by atoms with Gasteiger partial charge in [-0.15, -0.1) is 11.3 Å². The van der Waals surface area contributed by atoms with E-state index in [4.69, 9.17) is 14.2 Å². The fraction of sp³-hybridized carbons (Fsp3) is 0.308. The molecule has 188 valence electrons. The van der Waals surface area contributed by atoms with Crippen LogP contribution in [0.15, 0.2) is 56.8 Å². The highest BCUT2D eigenvalue weighted by Gasteiger charge is 2.34. The van der Waals surface area contributed by atoms with Crippen LogP contribution in [0.4, 0.5) is 0 Å². The fourth-order valence-electron chi connectivity index (χ4n) is 3.81. The molecule has 1 aromatic carbocycles. The summed E-state index contributed by atoms with van der Waals surface area (Å²) in [6, 6.07) is 8.00. The van der Waals surface area contributed by atoms with Crippen LogP contribution in [0.1, 0.15) is 44.2 Å². The number of methoxy groups -OCH3 is 1. The minimum Gasteiger partial charge on any atom is -0.493 e. The zero-order valence-corrected chi connectivity index (χ0v) is 22.2. The van der Waals surface area contributed by atoms with Crippen molar-refractivity contribution in [3.05, 3.63) is 77.1 Å². The predicted molar refractivity (Wildman–Crippen MR) is 138 cm³/mol. The van der Waals surface area contributed by atoms with Crippen molar-refractivity contribution < 1.29 is 23.8 Å². The van der Waals surface area contributed by atoms with E-state index in [2.05, 4.69) is 4.99 Å². The molecule has 36 heavy (non-hydrogen) atoms. The number of allylic oxidation sites excluding steroid dienone is 1. The van der Waals surface area contributed by atoms with Gasteiger partial charge in [-0.2, -0.15) is 0 Å². The molecule has 3 heterocycles. The first-order valence-corrected chi connectivity index (χ1v) is 13.0. The maximum absolute atomic E-state index is 13.6. The minimum absolute atomic E-state index is 0.142. The van der Waals surface area contributed by atoms with Crippen LogP contribution >= 0.6 is 22.7 Å². The molecular formula is C26H26N2O6S2. The quantitative estimate of drug-likeness (QED) is 0.346. The van der Waals surface area contributed by atoms with Crippen LogP contribution in [-0.4, -0.2) is 30.2 Å². The number of carbonyl (C=O) groups is 2. The smallest absolute Gasteiger partial charge is 0.338 e. The summed E-state index contributed by atoms with van der Waals surface area (Å²) in [5.41, 5.74) is 1.08. The van der Waals surface area contributed by atoms with E-state index in [0.29, 0.717) is 26.3 Å². The first-order valence-electron chi connectivity index (χ1n) is 11.3. The fourth-order valence-corrected chi connectivity index (χ4v) is 5.58. The number of rotatable bonds is 7. The van der Waals surface area contributed by atoms with Gasteiger partial charge in [0.2, 0.25) is 0 Å². The molecule has 8 nitrogen and oxygen atoms in total. The Hall–Kier alpha value is -3.50. The van der Waals surface area contributed by atoms with Crippen molar-refractivity contribution in [3.8, 4) is 11.5 Å². The summed E-state index contributed by atoms with van der Waals surface area (Å²) in [6.07, 6.45) is 1.83. The van der Waals surface area contributed by atoms with Crippen LogP contribution in [0.2, 0.25) is 0 Å². The van der Waals surface area contributed by atoms with Crippen LogP contribution in [0.5, 0.6) is 11.5 Å². The van der Waals surface area contributed by atoms with Crippen molar-refractivity contribution in [3.63, 3.8) is 0 Å². The van der Waals surface area contributed by atoms with Gasteiger partial charge in [0.05, 0.1) is 35.6 Å². The lowest BCUT2D eigenvalue weighted by molar-refractivity contribution is -0.140. The first kappa shape index (κ1) is 25.6. The average molecular weight is 527 g/mol. The molecule has 0 saturated heterocycles. The molecule has 10 heteroatoms. The van der Waals surface area contributed by atoms with Crippen molar-refractivity contribution >= 4 is 40.7 Å². The van der Waals surface area contributed by atoms with Gasteiger partial charge in [0.15, 0.2) is 16.3 Å². The second-order valence-electron chi connectivity index (χ2n) is 8.59. The third kappa shape index (κ3) is 5.19. The highest BCUT2D eigenvalue weighted by molar-refractivity contribution is 7.11. The number of hydrogen-bond acceptors (Lipinski definition) is 9. The molecule has 0 N–H and O–H groups in total. The monoisotopic (exact) mass is 526 g/mol. The van der Waals surface area contributed by atoms with Gasteiger partial charge in [-0.05, 0) is 48.1 Å². The Morgan fingerprint density at radius 2 is 2.00 bits per heavy atom. The van der Waals surface area contributed by atoms with Crippen LogP contribution in [-0.2, 0) is 14.3 Å². The summed E-state index contributed by atoms with van der Waals surface area (Å²) in [6.45, 7) is 7.17. The minimum atomic E-state index is -0.799. The summed E-state index contributed by atoms with van der Waals surface area (Å²) in [5, 5.41) is 1.94. The zero-order chi connectivity index (χ0) is 26.0. The van der Waals surface area contributed by atoms with Gasteiger partial charge >= 0.3 is 11.9 Å². The molecule has 1 aliphatic rings. The standard InChI is InChI=1S/C26H26N2O6S2/c1-14(2)13-33-25(31)22-15(3)27-26-28(24(30)21(36-26)12-18-7-6-10-35-18)23(22)17-8-9-19(34-16(4)29)20(11-17)32-5/h6-12,14,23H,13H2,1-5H3. The molecule has 0 saturated carbocycles. The molecule has 1 aliphatic heterocycles. The Balaban J connectivity index is 1.92. The summed E-state index contributed by atoms with van der Waals surface area (Å²) >= 11 is 2.79. The van der Waals surface area contributed by atoms with Crippen LogP contribution in [0, 0.1) is 5.92 Å². The number of ether oxygens (including phenoxy) is 3. The number of esters is 2. The van der Waals surface area contributed by atoms with Gasteiger partial charge in [0.25, 0.3) is 5.56 Å². The molecule has 0 aliphatic carbocycles. The Morgan fingerprint density at radius 3 is 2.64 bits per heavy atom. The lowest BCUT2D eigenvalue weighted by Gasteiger charge is -2.25. The molecule has 0 radical (unpaired) electrons. The lowest BCUT2D eigenvalue weighted by Crippen LogP contribution is -2.40. The lowest BCUT2D eigenvalue weighted by atomic mass is 9.95. The van der Waals surface area contributed by atoms with Crippen molar-refractivity contribution in [2.75, 3.05) is 13.7 Å². The molecule has 0 fully saturated rings. The van der Waals surface area contributed by atoms with E-state index < -0.39 is 18.0 Å². The number of thiophene rings is 1. The number of hydrogen-bond donors (Lipinski definition) is 0. The van der Waals surface area contributed by atoms with Crippen LogP contribution in [0.3, 0.4) is 0 Å². The van der Waals surface area contributed by atoms with Gasteiger partial charge in [0, 0.05) is 11.8 Å². The van der Waals surface area contributed by atoms with Gasteiger partial charge in [-0.1, -0.05) is 37.3 Å². The molecule has 4 rings (SSSR count). The molecule has 2 aromatic heterocycles. The molecule has 3 aromatic rings. The molecular weight excluding hydrogens is 500 g/mol. The van der Waals surface area contributed by atoms with E-state index in [1.54, 1.807) is 25.1 Å². The van der Waals surface area contributed by atoms with E-state index in [-0.39, 0.29) is 29.4 Å². The number of carbonyl (C=O) groups excluding carboxylic acids is 2. The maximum Gasteiger partial charge on any atom is 0.338 e. The number of fused-ring (bicyclic) bond motifs is 1. The number of nitrogens with zero attached hydrogens (tertiary/aromatic N) is 2. The SMILES string of the molecule is COc1cc(C2C(C(=O)OCC(C)C)=C(C)N=c3sc(=Cc4cccs4)c(=O)n32)ccc1OC(C)=O. The largest absolute Gasteiger partial charge is 0.493 e. The average Bonchev–Trinajstić information content (AvgIpc) is 3.44. The van der Waals surface area contributed by atoms with Crippen molar-refractivity contribution in [1.29, 1.82) is 0 Å². The Bertz CT molecular complexity index is 1510.